The van der Waals surface area contributed by atoms with Crippen molar-refractivity contribution in [1.82, 2.24) is 0 Å². The molecule has 0 bridgehead atoms. The van der Waals surface area contributed by atoms with Crippen LogP contribution >= 0.6 is 0 Å². The number of halogens is 4. The summed E-state index contributed by atoms with van der Waals surface area (Å²) in [6, 6.07) is 7.71. The van der Waals surface area contributed by atoms with Gasteiger partial charge in [0, 0.05) is 11.6 Å². The van der Waals surface area contributed by atoms with Gasteiger partial charge in [-0.05, 0) is 47.4 Å². The summed E-state index contributed by atoms with van der Waals surface area (Å²) in [6.07, 6.45) is 1.05. The Labute approximate surface area is 154 Å². The lowest BCUT2D eigenvalue weighted by molar-refractivity contribution is 0.391. The van der Waals surface area contributed by atoms with Gasteiger partial charge in [-0.2, -0.15) is 0 Å². The molecule has 0 nitrogen and oxygen atoms in total. The van der Waals surface area contributed by atoms with Crippen LogP contribution in [0.25, 0.3) is 0 Å². The highest BCUT2D eigenvalue weighted by Crippen LogP contribution is 2.24. The first-order valence-corrected chi connectivity index (χ1v) is 8.65. The Kier molecular flexibility index (Phi) is 7.43. The molecule has 0 spiro atoms. The van der Waals surface area contributed by atoms with Gasteiger partial charge in [0.25, 0.3) is 0 Å². The number of rotatable bonds is 2. The third kappa shape index (κ3) is 8.03. The van der Waals surface area contributed by atoms with E-state index in [9.17, 15) is 17.6 Å². The first-order chi connectivity index (χ1) is 11.8. The molecule has 0 fully saturated rings. The minimum atomic E-state index is -0.518. The molecule has 2 aromatic carbocycles. The second-order valence-corrected chi connectivity index (χ2v) is 8.91. The van der Waals surface area contributed by atoms with E-state index in [0.717, 1.165) is 6.07 Å². The van der Waals surface area contributed by atoms with Gasteiger partial charge in [0.2, 0.25) is 0 Å². The molecule has 0 radical (unpaired) electrons. The highest BCUT2D eigenvalue weighted by molar-refractivity contribution is 5.21. The Bertz CT molecular complexity index is 702. The smallest absolute Gasteiger partial charge is 0.129 e. The van der Waals surface area contributed by atoms with Gasteiger partial charge in [0.15, 0.2) is 0 Å². The van der Waals surface area contributed by atoms with Gasteiger partial charge in [-0.1, -0.05) is 53.7 Å². The van der Waals surface area contributed by atoms with Crippen LogP contribution in [0.15, 0.2) is 36.4 Å². The SMILES string of the molecule is CC(C)(C)Cc1c(F)cccc1F.CC(C)(C)Cc1ccc(F)cc1F. The van der Waals surface area contributed by atoms with Crippen molar-refractivity contribution in [3.8, 4) is 0 Å². The lowest BCUT2D eigenvalue weighted by Gasteiger charge is -2.18. The zero-order chi connectivity index (χ0) is 20.1. The van der Waals surface area contributed by atoms with Gasteiger partial charge >= 0.3 is 0 Å². The molecule has 4 heteroatoms. The average Bonchev–Trinajstić information content (AvgIpc) is 2.45. The largest absolute Gasteiger partial charge is 0.207 e. The Morgan fingerprint density at radius 3 is 1.58 bits per heavy atom. The fourth-order valence-corrected chi connectivity index (χ4v) is 2.47. The van der Waals surface area contributed by atoms with Gasteiger partial charge in [-0.25, -0.2) is 17.6 Å². The molecule has 0 aliphatic carbocycles. The standard InChI is InChI=1S/2C11H14F2/c1-11(2,3)7-8-4-5-9(12)6-10(8)13;1-11(2,3)7-8-9(12)5-4-6-10(8)13/h2*4-6H,7H2,1-3H3. The highest BCUT2D eigenvalue weighted by Gasteiger charge is 2.17. The fraction of sp³-hybridized carbons (Fsp3) is 0.455. The molecule has 0 atom stereocenters. The van der Waals surface area contributed by atoms with E-state index >= 15 is 0 Å². The molecule has 0 heterocycles. The third-order valence-electron chi connectivity index (χ3n) is 3.50. The fourth-order valence-electron chi connectivity index (χ4n) is 2.47. The van der Waals surface area contributed by atoms with E-state index in [1.165, 1.54) is 30.3 Å². The molecule has 0 aliphatic heterocycles. The molecule has 2 aromatic rings. The zero-order valence-corrected chi connectivity index (χ0v) is 16.4. The summed E-state index contributed by atoms with van der Waals surface area (Å²) in [5, 5.41) is 0. The summed E-state index contributed by atoms with van der Waals surface area (Å²) in [4.78, 5) is 0. The third-order valence-corrected chi connectivity index (χ3v) is 3.50. The normalized spacial score (nSPS) is 11.8. The van der Waals surface area contributed by atoms with Crippen LogP contribution in [0.3, 0.4) is 0 Å². The maximum absolute atomic E-state index is 13.1. The van der Waals surface area contributed by atoms with Crippen molar-refractivity contribution in [2.24, 2.45) is 10.8 Å². The van der Waals surface area contributed by atoms with E-state index in [0.29, 0.717) is 18.4 Å². The molecule has 0 aromatic heterocycles. The van der Waals surface area contributed by atoms with E-state index in [-0.39, 0.29) is 16.4 Å². The van der Waals surface area contributed by atoms with Crippen LogP contribution in [0.2, 0.25) is 0 Å². The van der Waals surface area contributed by atoms with Crippen molar-refractivity contribution in [1.29, 1.82) is 0 Å². The Morgan fingerprint density at radius 1 is 0.654 bits per heavy atom. The maximum Gasteiger partial charge on any atom is 0.129 e. The summed E-state index contributed by atoms with van der Waals surface area (Å²) in [5.74, 6) is -1.87. The zero-order valence-electron chi connectivity index (χ0n) is 16.4. The van der Waals surface area contributed by atoms with Crippen molar-refractivity contribution in [3.63, 3.8) is 0 Å². The number of benzene rings is 2. The van der Waals surface area contributed by atoms with E-state index in [4.69, 9.17) is 0 Å². The van der Waals surface area contributed by atoms with Crippen molar-refractivity contribution in [2.45, 2.75) is 54.4 Å². The summed E-state index contributed by atoms with van der Waals surface area (Å²) in [5.41, 5.74) is 0.700. The first kappa shape index (κ1) is 22.2. The monoisotopic (exact) mass is 368 g/mol. The van der Waals surface area contributed by atoms with Crippen LogP contribution in [-0.2, 0) is 12.8 Å². The number of hydrogen-bond acceptors (Lipinski definition) is 0. The molecule has 0 saturated carbocycles. The molecule has 0 amide bonds. The van der Waals surface area contributed by atoms with Crippen LogP contribution < -0.4 is 0 Å². The minimum Gasteiger partial charge on any atom is -0.207 e. The molecule has 0 saturated heterocycles. The van der Waals surface area contributed by atoms with E-state index in [1.54, 1.807) is 0 Å². The second-order valence-electron chi connectivity index (χ2n) is 8.91. The predicted molar refractivity (Wildman–Crippen MR) is 99.0 cm³/mol. The van der Waals surface area contributed by atoms with Gasteiger partial charge in [0.05, 0.1) is 0 Å². The molecule has 26 heavy (non-hydrogen) atoms. The minimum absolute atomic E-state index is 0.0265. The van der Waals surface area contributed by atoms with E-state index < -0.39 is 23.3 Å². The van der Waals surface area contributed by atoms with E-state index in [1.807, 2.05) is 41.5 Å². The second kappa shape index (κ2) is 8.70. The van der Waals surface area contributed by atoms with Gasteiger partial charge in [-0.15, -0.1) is 0 Å². The van der Waals surface area contributed by atoms with Crippen molar-refractivity contribution >= 4 is 0 Å². The van der Waals surface area contributed by atoms with Crippen molar-refractivity contribution < 1.29 is 17.6 Å². The summed E-state index contributed by atoms with van der Waals surface area (Å²) in [6.45, 7) is 11.9. The van der Waals surface area contributed by atoms with Crippen LogP contribution in [-0.4, -0.2) is 0 Å². The van der Waals surface area contributed by atoms with E-state index in [2.05, 4.69) is 0 Å². The molecule has 2 rings (SSSR count). The average molecular weight is 368 g/mol. The van der Waals surface area contributed by atoms with Gasteiger partial charge in [-0.3, -0.25) is 0 Å². The Morgan fingerprint density at radius 2 is 1.15 bits per heavy atom. The molecule has 144 valence electrons. The molecular weight excluding hydrogens is 340 g/mol. The van der Waals surface area contributed by atoms with Crippen LogP contribution in [0.4, 0.5) is 17.6 Å². The molecule has 0 N–H and O–H groups in total. The summed E-state index contributed by atoms with van der Waals surface area (Å²) >= 11 is 0. The maximum atomic E-state index is 13.1. The van der Waals surface area contributed by atoms with Gasteiger partial charge in [0.1, 0.15) is 23.3 Å². The molecule has 0 aliphatic rings. The molecule has 0 unspecified atom stereocenters. The Balaban J connectivity index is 0.000000260. The predicted octanol–water partition coefficient (Wildman–Crippen LogP) is 7.11. The Hall–Kier alpha value is -1.84. The first-order valence-electron chi connectivity index (χ1n) is 8.65. The number of hydrogen-bond donors (Lipinski definition) is 0. The topological polar surface area (TPSA) is 0 Å². The van der Waals surface area contributed by atoms with Crippen molar-refractivity contribution in [3.05, 3.63) is 70.8 Å². The lowest BCUT2D eigenvalue weighted by Crippen LogP contribution is -2.12. The van der Waals surface area contributed by atoms with Gasteiger partial charge < -0.3 is 0 Å². The molecular formula is C22H28F4. The highest BCUT2D eigenvalue weighted by atomic mass is 19.1. The van der Waals surface area contributed by atoms with Crippen molar-refractivity contribution in [2.75, 3.05) is 0 Å². The summed E-state index contributed by atoms with van der Waals surface area (Å²) in [7, 11) is 0. The van der Waals surface area contributed by atoms with Crippen LogP contribution in [0.1, 0.15) is 52.7 Å². The van der Waals surface area contributed by atoms with Crippen LogP contribution in [0, 0.1) is 34.1 Å². The summed E-state index contributed by atoms with van der Waals surface area (Å²) < 4.78 is 52.0. The lowest BCUT2D eigenvalue weighted by atomic mass is 9.88. The quantitative estimate of drug-likeness (QED) is 0.496. The van der Waals surface area contributed by atoms with Crippen LogP contribution in [0.5, 0.6) is 0 Å².